The summed E-state index contributed by atoms with van der Waals surface area (Å²) >= 11 is 1.35. The second-order valence-electron chi connectivity index (χ2n) is 7.69. The maximum Gasteiger partial charge on any atom is 0.234 e. The van der Waals surface area contributed by atoms with Crippen molar-refractivity contribution in [3.8, 4) is 28.6 Å². The molecule has 0 radical (unpaired) electrons. The average molecular weight is 469 g/mol. The first-order valence-electron chi connectivity index (χ1n) is 10.7. The molecule has 0 spiro atoms. The number of anilines is 1. The van der Waals surface area contributed by atoms with Gasteiger partial charge in [-0.15, -0.1) is 10.2 Å². The van der Waals surface area contributed by atoms with Gasteiger partial charge in [0.1, 0.15) is 5.75 Å². The van der Waals surface area contributed by atoms with Crippen LogP contribution in [0.25, 0.3) is 11.4 Å². The summed E-state index contributed by atoms with van der Waals surface area (Å²) in [6.07, 6.45) is 2.13. The van der Waals surface area contributed by atoms with Crippen molar-refractivity contribution in [2.24, 2.45) is 0 Å². The van der Waals surface area contributed by atoms with Crippen LogP contribution in [0, 0.1) is 0 Å². The summed E-state index contributed by atoms with van der Waals surface area (Å²) in [6.45, 7) is 1.60. The molecule has 5 rings (SSSR count). The van der Waals surface area contributed by atoms with E-state index in [1.165, 1.54) is 11.8 Å². The van der Waals surface area contributed by atoms with E-state index in [1.54, 1.807) is 31.4 Å². The van der Waals surface area contributed by atoms with E-state index in [4.69, 9.17) is 18.9 Å². The van der Waals surface area contributed by atoms with E-state index in [-0.39, 0.29) is 24.6 Å². The van der Waals surface area contributed by atoms with Crippen LogP contribution in [-0.2, 0) is 16.1 Å². The van der Waals surface area contributed by atoms with Gasteiger partial charge in [0.15, 0.2) is 22.5 Å². The first kappa shape index (κ1) is 21.6. The lowest BCUT2D eigenvalue weighted by Gasteiger charge is -2.15. The van der Waals surface area contributed by atoms with Crippen LogP contribution in [0.15, 0.2) is 47.6 Å². The van der Waals surface area contributed by atoms with E-state index in [1.807, 2.05) is 22.8 Å². The van der Waals surface area contributed by atoms with E-state index in [9.17, 15) is 4.79 Å². The number of thioether (sulfide) groups is 1. The summed E-state index contributed by atoms with van der Waals surface area (Å²) in [5.41, 5.74) is 1.59. The van der Waals surface area contributed by atoms with Crippen molar-refractivity contribution < 1.29 is 23.7 Å². The fourth-order valence-corrected chi connectivity index (χ4v) is 4.55. The van der Waals surface area contributed by atoms with Crippen LogP contribution in [-0.4, -0.2) is 53.0 Å². The molecule has 1 atom stereocenters. The highest BCUT2D eigenvalue weighted by Crippen LogP contribution is 2.36. The Hall–Kier alpha value is -3.24. The maximum absolute atomic E-state index is 12.5. The fourth-order valence-electron chi connectivity index (χ4n) is 3.80. The van der Waals surface area contributed by atoms with Crippen molar-refractivity contribution in [2.45, 2.75) is 30.6 Å². The van der Waals surface area contributed by atoms with Gasteiger partial charge in [0.05, 0.1) is 25.5 Å². The van der Waals surface area contributed by atoms with Crippen LogP contribution in [0.5, 0.6) is 17.2 Å². The lowest BCUT2D eigenvalue weighted by atomic mass is 10.2. The van der Waals surface area contributed by atoms with Gasteiger partial charge in [0, 0.05) is 17.9 Å². The molecule has 1 unspecified atom stereocenters. The van der Waals surface area contributed by atoms with Gasteiger partial charge in [-0.05, 0) is 55.3 Å². The molecule has 1 amide bonds. The third-order valence-corrected chi connectivity index (χ3v) is 6.43. The first-order valence-corrected chi connectivity index (χ1v) is 11.7. The number of benzene rings is 2. The molecule has 3 heterocycles. The Bertz CT molecular complexity index is 1130. The minimum absolute atomic E-state index is 0.0984. The van der Waals surface area contributed by atoms with E-state index in [2.05, 4.69) is 15.5 Å². The number of hydrogen-bond acceptors (Lipinski definition) is 8. The molecular formula is C23H24N4O5S. The van der Waals surface area contributed by atoms with E-state index >= 15 is 0 Å². The van der Waals surface area contributed by atoms with Gasteiger partial charge in [-0.25, -0.2) is 0 Å². The van der Waals surface area contributed by atoms with Crippen LogP contribution in [0.1, 0.15) is 12.8 Å². The van der Waals surface area contributed by atoms with Crippen molar-refractivity contribution in [1.29, 1.82) is 0 Å². The molecule has 2 aliphatic heterocycles. The molecule has 0 aliphatic carbocycles. The van der Waals surface area contributed by atoms with Gasteiger partial charge in [-0.2, -0.15) is 0 Å². The minimum atomic E-state index is -0.124. The number of methoxy groups -OCH3 is 1. The molecule has 1 aromatic heterocycles. The summed E-state index contributed by atoms with van der Waals surface area (Å²) in [7, 11) is 1.61. The quantitative estimate of drug-likeness (QED) is 0.501. The first-order chi connectivity index (χ1) is 16.2. The summed E-state index contributed by atoms with van der Waals surface area (Å²) < 4.78 is 24.0. The molecular weight excluding hydrogens is 444 g/mol. The zero-order valence-electron chi connectivity index (χ0n) is 18.2. The van der Waals surface area contributed by atoms with Crippen molar-refractivity contribution in [1.82, 2.24) is 14.8 Å². The topological polar surface area (TPSA) is 96.7 Å². The Labute approximate surface area is 195 Å². The number of carbonyl (C=O) groups is 1. The molecule has 2 aliphatic rings. The number of fused-ring (bicyclic) bond motifs is 1. The molecule has 172 valence electrons. The van der Waals surface area contributed by atoms with Gasteiger partial charge in [0.25, 0.3) is 0 Å². The van der Waals surface area contributed by atoms with Crippen molar-refractivity contribution in [2.75, 3.05) is 31.6 Å². The third kappa shape index (κ3) is 4.91. The molecule has 10 heteroatoms. The van der Waals surface area contributed by atoms with Gasteiger partial charge in [0.2, 0.25) is 12.7 Å². The number of nitrogens with one attached hydrogen (secondary N) is 1. The second-order valence-corrected chi connectivity index (χ2v) is 8.63. The molecule has 3 aromatic rings. The average Bonchev–Trinajstić information content (AvgIpc) is 3.59. The van der Waals surface area contributed by atoms with Gasteiger partial charge >= 0.3 is 0 Å². The number of carbonyl (C=O) groups excluding carboxylic acids is 1. The molecule has 9 nitrogen and oxygen atoms in total. The number of nitrogens with zero attached hydrogens (tertiary/aromatic N) is 3. The Morgan fingerprint density at radius 2 is 2.03 bits per heavy atom. The Kier molecular flexibility index (Phi) is 6.36. The maximum atomic E-state index is 12.5. The summed E-state index contributed by atoms with van der Waals surface area (Å²) in [4.78, 5) is 12.5. The van der Waals surface area contributed by atoms with Crippen LogP contribution in [0.3, 0.4) is 0 Å². The number of rotatable bonds is 8. The summed E-state index contributed by atoms with van der Waals surface area (Å²) in [6, 6.07) is 12.9. The number of ether oxygens (including phenoxy) is 4. The molecule has 1 saturated heterocycles. The van der Waals surface area contributed by atoms with Gasteiger partial charge < -0.3 is 24.3 Å². The highest BCUT2D eigenvalue weighted by Gasteiger charge is 2.23. The predicted molar refractivity (Wildman–Crippen MR) is 123 cm³/mol. The molecule has 33 heavy (non-hydrogen) atoms. The zero-order valence-corrected chi connectivity index (χ0v) is 19.0. The van der Waals surface area contributed by atoms with Crippen LogP contribution in [0.2, 0.25) is 0 Å². The largest absolute Gasteiger partial charge is 0.497 e. The predicted octanol–water partition coefficient (Wildman–Crippen LogP) is 3.59. The lowest BCUT2D eigenvalue weighted by Crippen LogP contribution is -2.18. The molecule has 1 N–H and O–H groups in total. The van der Waals surface area contributed by atoms with Crippen LogP contribution >= 0.6 is 11.8 Å². The summed E-state index contributed by atoms with van der Waals surface area (Å²) in [5.74, 6) is 2.93. The molecule has 1 fully saturated rings. The fraction of sp³-hybridized carbons (Fsp3) is 0.348. The Morgan fingerprint density at radius 3 is 2.82 bits per heavy atom. The van der Waals surface area contributed by atoms with Crippen molar-refractivity contribution >= 4 is 23.4 Å². The normalized spacial score (nSPS) is 16.7. The number of amides is 1. The molecule has 0 saturated carbocycles. The van der Waals surface area contributed by atoms with Gasteiger partial charge in [-0.1, -0.05) is 11.8 Å². The number of hydrogen-bond donors (Lipinski definition) is 1. The van der Waals surface area contributed by atoms with E-state index in [0.29, 0.717) is 34.7 Å². The molecule has 0 bridgehead atoms. The molecule has 2 aromatic carbocycles. The Balaban J connectivity index is 1.32. The SMILES string of the molecule is COc1ccc(NC(=O)CSc2nnc(-c3ccc4c(c3)OCO4)n2CC2CCCO2)cc1. The van der Waals surface area contributed by atoms with Crippen LogP contribution in [0.4, 0.5) is 5.69 Å². The highest BCUT2D eigenvalue weighted by molar-refractivity contribution is 7.99. The van der Waals surface area contributed by atoms with Crippen LogP contribution < -0.4 is 19.5 Å². The standard InChI is InChI=1S/C23H24N4O5S/c1-29-17-7-5-16(6-8-17)24-21(28)13-33-23-26-25-22(27(23)12-18-3-2-10-30-18)15-4-9-19-20(11-15)32-14-31-19/h4-9,11,18H,2-3,10,12-14H2,1H3,(H,24,28). The second kappa shape index (κ2) is 9.72. The van der Waals surface area contributed by atoms with Gasteiger partial charge in [-0.3, -0.25) is 9.36 Å². The van der Waals surface area contributed by atoms with E-state index in [0.717, 1.165) is 30.8 Å². The minimum Gasteiger partial charge on any atom is -0.497 e. The zero-order chi connectivity index (χ0) is 22.6. The van der Waals surface area contributed by atoms with E-state index < -0.39 is 0 Å². The Morgan fingerprint density at radius 1 is 1.18 bits per heavy atom. The third-order valence-electron chi connectivity index (χ3n) is 5.46. The highest BCUT2D eigenvalue weighted by atomic mass is 32.2. The lowest BCUT2D eigenvalue weighted by molar-refractivity contribution is -0.113. The summed E-state index contributed by atoms with van der Waals surface area (Å²) in [5, 5.41) is 12.4. The van der Waals surface area contributed by atoms with Crippen molar-refractivity contribution in [3.05, 3.63) is 42.5 Å². The monoisotopic (exact) mass is 468 g/mol. The van der Waals surface area contributed by atoms with Crippen molar-refractivity contribution in [3.63, 3.8) is 0 Å². The number of aromatic nitrogens is 3. The smallest absolute Gasteiger partial charge is 0.234 e.